The Balaban J connectivity index is 2.31. The monoisotopic (exact) mass is 262 g/mol. The summed E-state index contributed by atoms with van der Waals surface area (Å²) in [6, 6.07) is 0. The van der Waals surface area contributed by atoms with Crippen LogP contribution in [0.4, 0.5) is 4.39 Å². The minimum absolute atomic E-state index is 0.0678. The van der Waals surface area contributed by atoms with Crippen molar-refractivity contribution in [3.63, 3.8) is 0 Å². The first kappa shape index (κ1) is 13.5. The summed E-state index contributed by atoms with van der Waals surface area (Å²) in [4.78, 5) is 3.92. The minimum atomic E-state index is -0.469. The summed E-state index contributed by atoms with van der Waals surface area (Å²) in [6.07, 6.45) is 1.67. The molecule has 4 nitrogen and oxygen atoms in total. The van der Waals surface area contributed by atoms with Gasteiger partial charge in [0.25, 0.3) is 0 Å². The zero-order valence-electron chi connectivity index (χ0n) is 11.8. The topological polar surface area (TPSA) is 53.6 Å². The third-order valence-corrected chi connectivity index (χ3v) is 3.23. The van der Waals surface area contributed by atoms with E-state index in [0.717, 1.165) is 11.1 Å². The molecule has 0 amide bonds. The van der Waals surface area contributed by atoms with Crippen LogP contribution in [0.3, 0.4) is 0 Å². The predicted molar refractivity (Wildman–Crippen MR) is 74.0 cm³/mol. The number of halogens is 1. The molecule has 2 N–H and O–H groups in total. The van der Waals surface area contributed by atoms with E-state index in [1.807, 2.05) is 0 Å². The fourth-order valence-corrected chi connectivity index (χ4v) is 1.79. The van der Waals surface area contributed by atoms with Crippen molar-refractivity contribution in [2.75, 3.05) is 0 Å². The minimum Gasteiger partial charge on any atom is -0.384 e. The van der Waals surface area contributed by atoms with Gasteiger partial charge < -0.3 is 5.32 Å². The van der Waals surface area contributed by atoms with Crippen molar-refractivity contribution in [1.82, 2.24) is 20.5 Å². The normalized spacial score (nSPS) is 11.8. The zero-order chi connectivity index (χ0) is 14.2. The second-order valence-electron chi connectivity index (χ2n) is 5.71. The van der Waals surface area contributed by atoms with Gasteiger partial charge >= 0.3 is 0 Å². The molecule has 19 heavy (non-hydrogen) atoms. The average Bonchev–Trinajstić information content (AvgIpc) is 2.76. The summed E-state index contributed by atoms with van der Waals surface area (Å²) in [5.74, 6) is -0.469. The highest BCUT2D eigenvalue weighted by molar-refractivity contribution is 5.83. The molecule has 0 radical (unpaired) electrons. The number of hydrogen-bond donors (Lipinski definition) is 2. The van der Waals surface area contributed by atoms with Crippen molar-refractivity contribution in [2.24, 2.45) is 5.41 Å². The van der Waals surface area contributed by atoms with Gasteiger partial charge in [-0.1, -0.05) is 27.4 Å². The Bertz CT molecular complexity index is 622. The molecule has 0 unspecified atom stereocenters. The summed E-state index contributed by atoms with van der Waals surface area (Å²) in [5.41, 5.74) is 2.62. The molecule has 2 aromatic heterocycles. The first-order chi connectivity index (χ1) is 8.80. The van der Waals surface area contributed by atoms with Gasteiger partial charge in [0.15, 0.2) is 0 Å². The molecule has 102 valence electrons. The van der Waals surface area contributed by atoms with Gasteiger partial charge in [0, 0.05) is 23.0 Å². The Morgan fingerprint density at radius 2 is 2.16 bits per heavy atom. The van der Waals surface area contributed by atoms with Crippen LogP contribution in [0.15, 0.2) is 18.5 Å². The van der Waals surface area contributed by atoms with Crippen molar-refractivity contribution in [2.45, 2.75) is 34.2 Å². The first-order valence-electron chi connectivity index (χ1n) is 6.22. The maximum absolute atomic E-state index is 14.0. The van der Waals surface area contributed by atoms with E-state index in [1.165, 1.54) is 0 Å². The van der Waals surface area contributed by atoms with Gasteiger partial charge in [-0.3, -0.25) is 5.10 Å². The molecule has 0 atom stereocenters. The number of aromatic amines is 1. The predicted octanol–water partition coefficient (Wildman–Crippen LogP) is 3.05. The number of nitrogens with one attached hydrogen (secondary N) is 2. The van der Waals surface area contributed by atoms with Crippen LogP contribution in [0.1, 0.15) is 32.0 Å². The van der Waals surface area contributed by atoms with Crippen LogP contribution in [0.2, 0.25) is 0 Å². The highest BCUT2D eigenvalue weighted by Crippen LogP contribution is 2.24. The summed E-state index contributed by atoms with van der Waals surface area (Å²) >= 11 is 0. The SMILES string of the molecule is C=C(NCc1c(F)nc(C)c2cn[nH]c12)C(C)(C)C. The van der Waals surface area contributed by atoms with Crippen LogP contribution in [0.25, 0.3) is 10.9 Å². The third-order valence-electron chi connectivity index (χ3n) is 3.23. The fourth-order valence-electron chi connectivity index (χ4n) is 1.79. The molecular weight excluding hydrogens is 243 g/mol. The summed E-state index contributed by atoms with van der Waals surface area (Å²) < 4.78 is 14.0. The molecule has 0 aromatic carbocycles. The fraction of sp³-hybridized carbons (Fsp3) is 0.429. The van der Waals surface area contributed by atoms with Gasteiger partial charge in [-0.25, -0.2) is 4.98 Å². The number of nitrogens with zero attached hydrogens (tertiary/aromatic N) is 2. The lowest BCUT2D eigenvalue weighted by molar-refractivity contribution is 0.457. The Kier molecular flexibility index (Phi) is 3.30. The number of aromatic nitrogens is 3. The number of fused-ring (bicyclic) bond motifs is 1. The molecule has 2 heterocycles. The lowest BCUT2D eigenvalue weighted by Crippen LogP contribution is -2.23. The van der Waals surface area contributed by atoms with Crippen LogP contribution in [-0.2, 0) is 6.54 Å². The van der Waals surface area contributed by atoms with Gasteiger partial charge in [0.1, 0.15) is 0 Å². The summed E-state index contributed by atoms with van der Waals surface area (Å²) in [6.45, 7) is 12.2. The highest BCUT2D eigenvalue weighted by Gasteiger charge is 2.17. The van der Waals surface area contributed by atoms with Crippen molar-refractivity contribution in [3.8, 4) is 0 Å². The van der Waals surface area contributed by atoms with Crippen molar-refractivity contribution in [3.05, 3.63) is 35.7 Å². The molecule has 0 bridgehead atoms. The number of H-pyrrole nitrogens is 1. The number of allylic oxidation sites excluding steroid dienone is 1. The lowest BCUT2D eigenvalue weighted by Gasteiger charge is -2.23. The van der Waals surface area contributed by atoms with Gasteiger partial charge in [-0.15, -0.1) is 0 Å². The standard InChI is InChI=1S/C14H19FN4/c1-8-10-7-17-19-12(10)11(13(15)18-8)6-16-9(2)14(3,4)5/h7,16H,2,6H2,1,3-5H3,(H,17,19). The van der Waals surface area contributed by atoms with Crippen molar-refractivity contribution < 1.29 is 4.39 Å². The van der Waals surface area contributed by atoms with E-state index < -0.39 is 5.95 Å². The molecule has 0 saturated heterocycles. The zero-order valence-corrected chi connectivity index (χ0v) is 11.8. The first-order valence-corrected chi connectivity index (χ1v) is 6.22. The third kappa shape index (κ3) is 2.59. The Labute approximate surface area is 112 Å². The van der Waals surface area contributed by atoms with E-state index in [0.29, 0.717) is 23.3 Å². The van der Waals surface area contributed by atoms with Crippen molar-refractivity contribution >= 4 is 10.9 Å². The molecule has 0 aliphatic rings. The molecular formula is C14H19FN4. The second-order valence-corrected chi connectivity index (χ2v) is 5.71. The number of rotatable bonds is 3. The number of hydrogen-bond acceptors (Lipinski definition) is 3. The van der Waals surface area contributed by atoms with Crippen LogP contribution >= 0.6 is 0 Å². The lowest BCUT2D eigenvalue weighted by atomic mass is 9.93. The van der Waals surface area contributed by atoms with E-state index in [1.54, 1.807) is 13.1 Å². The Hall–Kier alpha value is -1.91. The van der Waals surface area contributed by atoms with Crippen LogP contribution in [-0.4, -0.2) is 15.2 Å². The summed E-state index contributed by atoms with van der Waals surface area (Å²) in [5, 5.41) is 10.8. The molecule has 2 aromatic rings. The van der Waals surface area contributed by atoms with E-state index >= 15 is 0 Å². The van der Waals surface area contributed by atoms with E-state index in [4.69, 9.17) is 0 Å². The molecule has 0 aliphatic carbocycles. The maximum atomic E-state index is 14.0. The average molecular weight is 262 g/mol. The molecule has 0 spiro atoms. The van der Waals surface area contributed by atoms with Crippen molar-refractivity contribution in [1.29, 1.82) is 0 Å². The molecule has 5 heteroatoms. The van der Waals surface area contributed by atoms with Gasteiger partial charge in [-0.2, -0.15) is 9.49 Å². The molecule has 0 saturated carbocycles. The van der Waals surface area contributed by atoms with Gasteiger partial charge in [0.05, 0.1) is 23.0 Å². The van der Waals surface area contributed by atoms with E-state index in [-0.39, 0.29) is 5.41 Å². The van der Waals surface area contributed by atoms with Gasteiger partial charge in [-0.05, 0) is 6.92 Å². The quantitative estimate of drug-likeness (QED) is 0.836. The van der Waals surface area contributed by atoms with Crippen LogP contribution in [0.5, 0.6) is 0 Å². The molecule has 0 aliphatic heterocycles. The maximum Gasteiger partial charge on any atom is 0.220 e. The second kappa shape index (κ2) is 4.64. The van der Waals surface area contributed by atoms with E-state index in [2.05, 4.69) is 47.8 Å². The summed E-state index contributed by atoms with van der Waals surface area (Å²) in [7, 11) is 0. The van der Waals surface area contributed by atoms with Gasteiger partial charge in [0.2, 0.25) is 5.95 Å². The van der Waals surface area contributed by atoms with Crippen LogP contribution < -0.4 is 5.32 Å². The number of aryl methyl sites for hydroxylation is 1. The highest BCUT2D eigenvalue weighted by atomic mass is 19.1. The van der Waals surface area contributed by atoms with E-state index in [9.17, 15) is 4.39 Å². The Morgan fingerprint density at radius 1 is 1.47 bits per heavy atom. The Morgan fingerprint density at radius 3 is 2.79 bits per heavy atom. The smallest absolute Gasteiger partial charge is 0.220 e. The molecule has 0 fully saturated rings. The van der Waals surface area contributed by atoms with Crippen LogP contribution in [0, 0.1) is 18.3 Å². The molecule has 2 rings (SSSR count). The largest absolute Gasteiger partial charge is 0.384 e. The number of pyridine rings is 1.